The standard InChI is InChI=1S/C12H18N2O4/c1-16-6-7-17-9-18-11-4-2-10(3-5-11)8-14-12(13)15/h2-5H,6-9H2,1H3,(H3,13,14,15). The highest BCUT2D eigenvalue weighted by Gasteiger charge is 1.97. The van der Waals surface area contributed by atoms with E-state index in [9.17, 15) is 4.79 Å². The van der Waals surface area contributed by atoms with Crippen LogP contribution in [0.15, 0.2) is 24.3 Å². The third kappa shape index (κ3) is 6.07. The number of amides is 2. The van der Waals surface area contributed by atoms with Crippen LogP contribution in [-0.2, 0) is 16.0 Å². The first-order valence-electron chi connectivity index (χ1n) is 5.54. The van der Waals surface area contributed by atoms with E-state index >= 15 is 0 Å². The second-order valence-corrected chi connectivity index (χ2v) is 3.52. The third-order valence-electron chi connectivity index (χ3n) is 2.13. The summed E-state index contributed by atoms with van der Waals surface area (Å²) in [6.07, 6.45) is 0. The molecule has 6 nitrogen and oxygen atoms in total. The minimum absolute atomic E-state index is 0.183. The summed E-state index contributed by atoms with van der Waals surface area (Å²) in [4.78, 5) is 10.5. The van der Waals surface area contributed by atoms with Crippen molar-refractivity contribution in [2.24, 2.45) is 5.73 Å². The highest BCUT2D eigenvalue weighted by molar-refractivity contribution is 5.71. The Kier molecular flexibility index (Phi) is 6.60. The lowest BCUT2D eigenvalue weighted by Gasteiger charge is -2.08. The first kappa shape index (κ1) is 14.3. The maximum Gasteiger partial charge on any atom is 0.312 e. The fourth-order valence-corrected chi connectivity index (χ4v) is 1.20. The summed E-state index contributed by atoms with van der Waals surface area (Å²) in [5, 5.41) is 2.51. The highest BCUT2D eigenvalue weighted by atomic mass is 16.7. The van der Waals surface area contributed by atoms with Crippen LogP contribution in [0.25, 0.3) is 0 Å². The number of hydrogen-bond donors (Lipinski definition) is 2. The van der Waals surface area contributed by atoms with Gasteiger partial charge in [-0.05, 0) is 17.7 Å². The number of urea groups is 1. The zero-order valence-corrected chi connectivity index (χ0v) is 10.3. The van der Waals surface area contributed by atoms with E-state index in [1.807, 2.05) is 12.1 Å². The molecule has 1 aromatic carbocycles. The molecule has 3 N–H and O–H groups in total. The number of hydrogen-bond acceptors (Lipinski definition) is 4. The Bertz CT molecular complexity index is 354. The second-order valence-electron chi connectivity index (χ2n) is 3.52. The van der Waals surface area contributed by atoms with Crippen LogP contribution in [-0.4, -0.2) is 33.1 Å². The van der Waals surface area contributed by atoms with Gasteiger partial charge in [-0.25, -0.2) is 4.79 Å². The number of carbonyl (C=O) groups is 1. The van der Waals surface area contributed by atoms with Crippen LogP contribution in [0, 0.1) is 0 Å². The molecule has 0 unspecified atom stereocenters. The molecule has 0 saturated carbocycles. The van der Waals surface area contributed by atoms with Gasteiger partial charge in [0.25, 0.3) is 0 Å². The molecule has 0 aliphatic rings. The van der Waals surface area contributed by atoms with E-state index in [0.717, 1.165) is 5.56 Å². The molecule has 0 aliphatic heterocycles. The van der Waals surface area contributed by atoms with Crippen molar-refractivity contribution in [3.05, 3.63) is 29.8 Å². The van der Waals surface area contributed by atoms with Crippen molar-refractivity contribution in [2.75, 3.05) is 27.1 Å². The quantitative estimate of drug-likeness (QED) is 0.532. The summed E-state index contributed by atoms with van der Waals surface area (Å²) in [5.41, 5.74) is 5.92. The van der Waals surface area contributed by atoms with Gasteiger partial charge in [-0.2, -0.15) is 0 Å². The van der Waals surface area contributed by atoms with Gasteiger partial charge in [-0.3, -0.25) is 0 Å². The molecule has 0 spiro atoms. The molecular weight excluding hydrogens is 236 g/mol. The van der Waals surface area contributed by atoms with E-state index in [-0.39, 0.29) is 6.79 Å². The zero-order valence-electron chi connectivity index (χ0n) is 10.3. The van der Waals surface area contributed by atoms with Crippen LogP contribution in [0.5, 0.6) is 5.75 Å². The van der Waals surface area contributed by atoms with Crippen molar-refractivity contribution in [1.29, 1.82) is 0 Å². The lowest BCUT2D eigenvalue weighted by molar-refractivity contribution is -0.00847. The monoisotopic (exact) mass is 254 g/mol. The molecule has 0 aliphatic carbocycles. The van der Waals surface area contributed by atoms with Gasteiger partial charge in [0.1, 0.15) is 5.75 Å². The van der Waals surface area contributed by atoms with E-state index in [4.69, 9.17) is 19.9 Å². The average Bonchev–Trinajstić information content (AvgIpc) is 2.37. The topological polar surface area (TPSA) is 82.8 Å². The molecule has 0 aromatic heterocycles. The minimum Gasteiger partial charge on any atom is -0.468 e. The summed E-state index contributed by atoms with van der Waals surface area (Å²) in [5.74, 6) is 0.704. The number of primary amides is 1. The lowest BCUT2D eigenvalue weighted by Crippen LogP contribution is -2.28. The number of benzene rings is 1. The average molecular weight is 254 g/mol. The molecule has 2 amide bonds. The van der Waals surface area contributed by atoms with Gasteiger partial charge < -0.3 is 25.3 Å². The van der Waals surface area contributed by atoms with E-state index in [1.165, 1.54) is 0 Å². The Balaban J connectivity index is 2.25. The Morgan fingerprint density at radius 3 is 2.61 bits per heavy atom. The van der Waals surface area contributed by atoms with Crippen molar-refractivity contribution in [1.82, 2.24) is 5.32 Å². The number of carbonyl (C=O) groups excluding carboxylic acids is 1. The number of methoxy groups -OCH3 is 1. The molecular formula is C12H18N2O4. The second kappa shape index (κ2) is 8.32. The van der Waals surface area contributed by atoms with Crippen molar-refractivity contribution in [3.63, 3.8) is 0 Å². The largest absolute Gasteiger partial charge is 0.468 e. The predicted octanol–water partition coefficient (Wildman–Crippen LogP) is 0.854. The van der Waals surface area contributed by atoms with E-state index in [1.54, 1.807) is 19.2 Å². The number of nitrogens with one attached hydrogen (secondary N) is 1. The van der Waals surface area contributed by atoms with Crippen LogP contribution >= 0.6 is 0 Å². The van der Waals surface area contributed by atoms with Gasteiger partial charge in [0.2, 0.25) is 0 Å². The summed E-state index contributed by atoms with van der Waals surface area (Å²) < 4.78 is 15.3. The van der Waals surface area contributed by atoms with Gasteiger partial charge in [0.15, 0.2) is 6.79 Å². The van der Waals surface area contributed by atoms with Crippen molar-refractivity contribution in [2.45, 2.75) is 6.54 Å². The first-order valence-corrected chi connectivity index (χ1v) is 5.54. The van der Waals surface area contributed by atoms with Gasteiger partial charge in [-0.1, -0.05) is 12.1 Å². The van der Waals surface area contributed by atoms with Gasteiger partial charge in [0.05, 0.1) is 13.2 Å². The molecule has 0 saturated heterocycles. The summed E-state index contributed by atoms with van der Waals surface area (Å²) in [7, 11) is 1.61. The Labute approximate surface area is 106 Å². The molecule has 6 heteroatoms. The zero-order chi connectivity index (χ0) is 13.2. The lowest BCUT2D eigenvalue weighted by atomic mass is 10.2. The van der Waals surface area contributed by atoms with E-state index < -0.39 is 6.03 Å². The Morgan fingerprint density at radius 2 is 2.00 bits per heavy atom. The first-order chi connectivity index (χ1) is 8.72. The van der Waals surface area contributed by atoms with E-state index in [0.29, 0.717) is 25.5 Å². The maximum atomic E-state index is 10.5. The predicted molar refractivity (Wildman–Crippen MR) is 66.2 cm³/mol. The molecule has 0 atom stereocenters. The van der Waals surface area contributed by atoms with Crippen LogP contribution in [0.1, 0.15) is 5.56 Å². The normalized spacial score (nSPS) is 10.1. The molecule has 1 rings (SSSR count). The van der Waals surface area contributed by atoms with E-state index in [2.05, 4.69) is 5.32 Å². The number of ether oxygens (including phenoxy) is 3. The molecule has 0 heterocycles. The SMILES string of the molecule is COCCOCOc1ccc(CNC(N)=O)cc1. The molecule has 1 aromatic rings. The third-order valence-corrected chi connectivity index (χ3v) is 2.13. The van der Waals surface area contributed by atoms with Crippen molar-refractivity contribution < 1.29 is 19.0 Å². The van der Waals surface area contributed by atoms with Crippen molar-refractivity contribution >= 4 is 6.03 Å². The summed E-state index contributed by atoms with van der Waals surface area (Å²) in [6.45, 7) is 1.63. The van der Waals surface area contributed by atoms with Gasteiger partial charge in [0, 0.05) is 13.7 Å². The smallest absolute Gasteiger partial charge is 0.312 e. The Morgan fingerprint density at radius 1 is 1.28 bits per heavy atom. The van der Waals surface area contributed by atoms with Crippen LogP contribution in [0.4, 0.5) is 4.79 Å². The van der Waals surface area contributed by atoms with Crippen LogP contribution in [0.3, 0.4) is 0 Å². The molecule has 18 heavy (non-hydrogen) atoms. The minimum atomic E-state index is -0.540. The number of nitrogens with two attached hydrogens (primary N) is 1. The fourth-order valence-electron chi connectivity index (χ4n) is 1.20. The molecule has 0 radical (unpaired) electrons. The van der Waals surface area contributed by atoms with Gasteiger partial charge >= 0.3 is 6.03 Å². The molecule has 0 bridgehead atoms. The maximum absolute atomic E-state index is 10.5. The summed E-state index contributed by atoms with van der Waals surface area (Å²) in [6, 6.07) is 6.76. The number of rotatable bonds is 8. The van der Waals surface area contributed by atoms with Crippen LogP contribution < -0.4 is 15.8 Å². The highest BCUT2D eigenvalue weighted by Crippen LogP contribution is 2.11. The van der Waals surface area contributed by atoms with Crippen molar-refractivity contribution in [3.8, 4) is 5.75 Å². The summed E-state index contributed by atoms with van der Waals surface area (Å²) >= 11 is 0. The molecule has 0 fully saturated rings. The van der Waals surface area contributed by atoms with Gasteiger partial charge in [-0.15, -0.1) is 0 Å². The molecule has 100 valence electrons. The Hall–Kier alpha value is -1.79. The fraction of sp³-hybridized carbons (Fsp3) is 0.417. The van der Waals surface area contributed by atoms with Crippen LogP contribution in [0.2, 0.25) is 0 Å².